The summed E-state index contributed by atoms with van der Waals surface area (Å²) >= 11 is 0. The molecule has 0 aliphatic carbocycles. The topological polar surface area (TPSA) is 66.0 Å². The van der Waals surface area contributed by atoms with E-state index in [0.717, 1.165) is 31.1 Å². The Hall–Kier alpha value is -3.02. The van der Waals surface area contributed by atoms with E-state index in [1.54, 1.807) is 7.05 Å². The summed E-state index contributed by atoms with van der Waals surface area (Å²) in [6, 6.07) is 16.6. The summed E-state index contributed by atoms with van der Waals surface area (Å²) in [6.07, 6.45) is 2.71. The third-order valence-electron chi connectivity index (χ3n) is 5.46. The van der Waals surface area contributed by atoms with Gasteiger partial charge in [0.25, 0.3) is 0 Å². The fraction of sp³-hybridized carbons (Fsp3) is 0.391. The lowest BCUT2D eigenvalue weighted by molar-refractivity contribution is -0.128. The molecule has 1 unspecified atom stereocenters. The van der Waals surface area contributed by atoms with Crippen molar-refractivity contribution in [3.63, 3.8) is 0 Å². The minimum absolute atomic E-state index is 0.124. The second-order valence-electron chi connectivity index (χ2n) is 7.59. The first kappa shape index (κ1) is 19.3. The predicted octanol–water partition coefficient (Wildman–Crippen LogP) is 2.48. The standard InChI is InChI=1S/C23H28N4O2/c1-24-23(26-15-20-13-19-5-2-3-6-21(19)29-20)25-14-17-8-10-18(11-9-17)16-27-12-4-7-22(27)28/h2-3,5-6,8-11,20H,4,7,12-16H2,1H3,(H2,24,25,26). The van der Waals surface area contributed by atoms with Crippen LogP contribution in [0.4, 0.5) is 0 Å². The highest BCUT2D eigenvalue weighted by Gasteiger charge is 2.22. The largest absolute Gasteiger partial charge is 0.488 e. The maximum Gasteiger partial charge on any atom is 0.222 e. The highest BCUT2D eigenvalue weighted by molar-refractivity contribution is 5.79. The van der Waals surface area contributed by atoms with Gasteiger partial charge in [-0.25, -0.2) is 0 Å². The van der Waals surface area contributed by atoms with E-state index in [0.29, 0.717) is 26.1 Å². The lowest BCUT2D eigenvalue weighted by Gasteiger charge is -2.17. The molecule has 2 N–H and O–H groups in total. The number of hydrogen-bond donors (Lipinski definition) is 2. The Morgan fingerprint density at radius 2 is 1.93 bits per heavy atom. The zero-order chi connectivity index (χ0) is 20.1. The predicted molar refractivity (Wildman–Crippen MR) is 114 cm³/mol. The molecule has 2 aliphatic heterocycles. The first-order valence-corrected chi connectivity index (χ1v) is 10.3. The molecule has 1 amide bonds. The minimum Gasteiger partial charge on any atom is -0.488 e. The van der Waals surface area contributed by atoms with Crippen molar-refractivity contribution in [2.45, 2.75) is 38.5 Å². The van der Waals surface area contributed by atoms with Crippen LogP contribution in [-0.4, -0.2) is 43.0 Å². The van der Waals surface area contributed by atoms with Crippen molar-refractivity contribution in [2.75, 3.05) is 20.1 Å². The van der Waals surface area contributed by atoms with Gasteiger partial charge >= 0.3 is 0 Å². The monoisotopic (exact) mass is 392 g/mol. The Morgan fingerprint density at radius 3 is 2.66 bits per heavy atom. The van der Waals surface area contributed by atoms with E-state index in [4.69, 9.17) is 4.74 Å². The van der Waals surface area contributed by atoms with Crippen molar-refractivity contribution in [3.05, 3.63) is 65.2 Å². The molecule has 1 saturated heterocycles. The van der Waals surface area contributed by atoms with Crippen molar-refractivity contribution in [3.8, 4) is 5.75 Å². The number of para-hydroxylation sites is 1. The number of carbonyl (C=O) groups excluding carboxylic acids is 1. The van der Waals surface area contributed by atoms with Crippen LogP contribution in [0.25, 0.3) is 0 Å². The highest BCUT2D eigenvalue weighted by atomic mass is 16.5. The number of amides is 1. The number of aliphatic imine (C=N–C) groups is 1. The fourth-order valence-corrected chi connectivity index (χ4v) is 3.84. The van der Waals surface area contributed by atoms with E-state index < -0.39 is 0 Å². The van der Waals surface area contributed by atoms with Crippen molar-refractivity contribution in [2.24, 2.45) is 4.99 Å². The van der Waals surface area contributed by atoms with Crippen LogP contribution in [0.3, 0.4) is 0 Å². The molecule has 2 heterocycles. The van der Waals surface area contributed by atoms with Crippen LogP contribution in [-0.2, 0) is 24.3 Å². The number of fused-ring (bicyclic) bond motifs is 1. The molecule has 0 spiro atoms. The second kappa shape index (κ2) is 8.99. The van der Waals surface area contributed by atoms with E-state index in [1.807, 2.05) is 23.1 Å². The lowest BCUT2D eigenvalue weighted by atomic mass is 10.1. The number of benzene rings is 2. The molecular weight excluding hydrogens is 364 g/mol. The normalized spacial score (nSPS) is 18.5. The molecule has 2 aromatic rings. The molecule has 2 aliphatic rings. The number of nitrogens with zero attached hydrogens (tertiary/aromatic N) is 2. The van der Waals surface area contributed by atoms with Gasteiger partial charge < -0.3 is 20.3 Å². The molecule has 6 heteroatoms. The number of guanidine groups is 1. The van der Waals surface area contributed by atoms with E-state index in [2.05, 4.69) is 46.0 Å². The summed E-state index contributed by atoms with van der Waals surface area (Å²) in [7, 11) is 1.77. The van der Waals surface area contributed by atoms with Crippen LogP contribution in [0.1, 0.15) is 29.5 Å². The summed E-state index contributed by atoms with van der Waals surface area (Å²) in [6.45, 7) is 2.98. The van der Waals surface area contributed by atoms with Gasteiger partial charge in [0.15, 0.2) is 5.96 Å². The van der Waals surface area contributed by atoms with Gasteiger partial charge in [-0.05, 0) is 29.2 Å². The number of ether oxygens (including phenoxy) is 1. The van der Waals surface area contributed by atoms with Crippen molar-refractivity contribution in [1.82, 2.24) is 15.5 Å². The summed E-state index contributed by atoms with van der Waals surface area (Å²) in [5.41, 5.74) is 3.61. The van der Waals surface area contributed by atoms with Gasteiger partial charge in [-0.1, -0.05) is 42.5 Å². The van der Waals surface area contributed by atoms with Crippen molar-refractivity contribution < 1.29 is 9.53 Å². The van der Waals surface area contributed by atoms with Gasteiger partial charge in [0, 0.05) is 39.5 Å². The summed E-state index contributed by atoms with van der Waals surface area (Å²) in [5.74, 6) is 2.01. The third-order valence-corrected chi connectivity index (χ3v) is 5.46. The molecule has 0 aromatic heterocycles. The molecule has 1 fully saturated rings. The fourth-order valence-electron chi connectivity index (χ4n) is 3.84. The van der Waals surface area contributed by atoms with Gasteiger partial charge in [0.2, 0.25) is 5.91 Å². The van der Waals surface area contributed by atoms with Crippen LogP contribution in [0.2, 0.25) is 0 Å². The molecule has 4 rings (SSSR count). The number of hydrogen-bond acceptors (Lipinski definition) is 3. The van der Waals surface area contributed by atoms with Crippen LogP contribution >= 0.6 is 0 Å². The minimum atomic E-state index is 0.124. The van der Waals surface area contributed by atoms with Crippen molar-refractivity contribution >= 4 is 11.9 Å². The van der Waals surface area contributed by atoms with Crippen molar-refractivity contribution in [1.29, 1.82) is 0 Å². The summed E-state index contributed by atoms with van der Waals surface area (Å²) in [5, 5.41) is 6.70. The van der Waals surface area contributed by atoms with Gasteiger partial charge in [-0.3, -0.25) is 9.79 Å². The first-order valence-electron chi connectivity index (χ1n) is 10.3. The van der Waals surface area contributed by atoms with Gasteiger partial charge in [0.1, 0.15) is 11.9 Å². The Morgan fingerprint density at radius 1 is 1.14 bits per heavy atom. The zero-order valence-electron chi connectivity index (χ0n) is 16.9. The zero-order valence-corrected chi connectivity index (χ0v) is 16.9. The van der Waals surface area contributed by atoms with Crippen LogP contribution in [0.5, 0.6) is 5.75 Å². The molecule has 0 saturated carbocycles. The van der Waals surface area contributed by atoms with Gasteiger partial charge in [-0.15, -0.1) is 0 Å². The second-order valence-corrected chi connectivity index (χ2v) is 7.59. The average molecular weight is 393 g/mol. The highest BCUT2D eigenvalue weighted by Crippen LogP contribution is 2.27. The molecule has 6 nitrogen and oxygen atoms in total. The number of rotatable bonds is 6. The summed E-state index contributed by atoms with van der Waals surface area (Å²) < 4.78 is 5.97. The maximum atomic E-state index is 11.8. The van der Waals surface area contributed by atoms with E-state index in [9.17, 15) is 4.79 Å². The third kappa shape index (κ3) is 4.88. The molecule has 0 bridgehead atoms. The molecule has 29 heavy (non-hydrogen) atoms. The van der Waals surface area contributed by atoms with E-state index in [-0.39, 0.29) is 12.0 Å². The molecule has 152 valence electrons. The van der Waals surface area contributed by atoms with Crippen LogP contribution < -0.4 is 15.4 Å². The number of carbonyl (C=O) groups is 1. The average Bonchev–Trinajstić information content (AvgIpc) is 3.35. The number of likely N-dealkylation sites (tertiary alicyclic amines) is 1. The molecule has 2 aromatic carbocycles. The molecular formula is C23H28N4O2. The van der Waals surface area contributed by atoms with E-state index >= 15 is 0 Å². The summed E-state index contributed by atoms with van der Waals surface area (Å²) in [4.78, 5) is 18.0. The van der Waals surface area contributed by atoms with E-state index in [1.165, 1.54) is 16.7 Å². The van der Waals surface area contributed by atoms with Crippen LogP contribution in [0, 0.1) is 0 Å². The Kier molecular flexibility index (Phi) is 5.98. The SMILES string of the molecule is CN=C(NCc1ccc(CN2CCCC2=O)cc1)NCC1Cc2ccccc2O1. The molecule has 0 radical (unpaired) electrons. The van der Waals surface area contributed by atoms with Crippen LogP contribution in [0.15, 0.2) is 53.5 Å². The smallest absolute Gasteiger partial charge is 0.222 e. The Balaban J connectivity index is 1.22. The van der Waals surface area contributed by atoms with Gasteiger partial charge in [0.05, 0.1) is 6.54 Å². The first-order chi connectivity index (χ1) is 14.2. The quantitative estimate of drug-likeness (QED) is 0.586. The Bertz CT molecular complexity index is 854. The number of nitrogens with one attached hydrogen (secondary N) is 2. The van der Waals surface area contributed by atoms with Gasteiger partial charge in [-0.2, -0.15) is 0 Å². The molecule has 1 atom stereocenters. The maximum absolute atomic E-state index is 11.8. The lowest BCUT2D eigenvalue weighted by Crippen LogP contribution is -2.41. The Labute approximate surface area is 172 Å².